The second kappa shape index (κ2) is 7.20. The number of benzene rings is 2. The van der Waals surface area contributed by atoms with Crippen molar-refractivity contribution in [1.29, 1.82) is 0 Å². The summed E-state index contributed by atoms with van der Waals surface area (Å²) in [6, 6.07) is 13.6. The molecule has 0 spiro atoms. The van der Waals surface area contributed by atoms with Gasteiger partial charge in [-0.2, -0.15) is 0 Å². The van der Waals surface area contributed by atoms with Gasteiger partial charge in [-0.1, -0.05) is 35.9 Å². The third-order valence-electron chi connectivity index (χ3n) is 3.02. The molecule has 0 saturated heterocycles. The number of quaternary nitrogens is 1. The minimum absolute atomic E-state index is 0.133. The summed E-state index contributed by atoms with van der Waals surface area (Å²) in [6.07, 6.45) is 0. The van der Waals surface area contributed by atoms with Crippen molar-refractivity contribution in [3.8, 4) is 0 Å². The van der Waals surface area contributed by atoms with Crippen molar-refractivity contribution in [3.63, 3.8) is 0 Å². The van der Waals surface area contributed by atoms with E-state index in [4.69, 9.17) is 11.6 Å². The molecule has 110 valence electrons. The van der Waals surface area contributed by atoms with E-state index in [1.807, 2.05) is 7.05 Å². The fourth-order valence-corrected chi connectivity index (χ4v) is 2.27. The maximum atomic E-state index is 13.6. The summed E-state index contributed by atoms with van der Waals surface area (Å²) in [6.45, 7) is 0.705. The first-order valence-electron chi connectivity index (χ1n) is 6.65. The Morgan fingerprint density at radius 1 is 1.24 bits per heavy atom. The number of anilines is 1. The number of amides is 1. The molecule has 2 aromatic carbocycles. The highest BCUT2D eigenvalue weighted by molar-refractivity contribution is 6.30. The molecule has 0 aliphatic carbocycles. The van der Waals surface area contributed by atoms with E-state index < -0.39 is 0 Å². The van der Waals surface area contributed by atoms with Crippen molar-refractivity contribution in [2.75, 3.05) is 18.9 Å². The van der Waals surface area contributed by atoms with Crippen LogP contribution in [0, 0.1) is 5.82 Å². The average molecular weight is 308 g/mol. The first-order valence-corrected chi connectivity index (χ1v) is 7.02. The van der Waals surface area contributed by atoms with E-state index in [1.165, 1.54) is 6.07 Å². The molecule has 0 aromatic heterocycles. The van der Waals surface area contributed by atoms with Gasteiger partial charge < -0.3 is 10.2 Å². The number of hydrogen-bond acceptors (Lipinski definition) is 1. The number of nitrogens with one attached hydrogen (secondary N) is 2. The van der Waals surface area contributed by atoms with Gasteiger partial charge in [0.2, 0.25) is 0 Å². The minimum atomic E-state index is -0.243. The van der Waals surface area contributed by atoms with Gasteiger partial charge in [-0.25, -0.2) is 4.39 Å². The summed E-state index contributed by atoms with van der Waals surface area (Å²) < 4.78 is 13.6. The van der Waals surface area contributed by atoms with E-state index in [9.17, 15) is 9.18 Å². The van der Waals surface area contributed by atoms with E-state index >= 15 is 0 Å². The van der Waals surface area contributed by atoms with Crippen molar-refractivity contribution in [2.24, 2.45) is 0 Å². The predicted octanol–water partition coefficient (Wildman–Crippen LogP) is 2.13. The topological polar surface area (TPSA) is 33.5 Å². The van der Waals surface area contributed by atoms with Crippen LogP contribution in [0.15, 0.2) is 48.5 Å². The Bertz CT molecular complexity index is 633. The first kappa shape index (κ1) is 15.5. The van der Waals surface area contributed by atoms with E-state index in [0.29, 0.717) is 22.8 Å². The standard InChI is InChI=1S/C16H16ClFN2O/c1-20(10-12-5-2-3-8-15(12)18)11-16(21)19-14-7-4-6-13(17)9-14/h2-9H,10-11H2,1H3,(H,19,21)/p+1. The Morgan fingerprint density at radius 2 is 2.00 bits per heavy atom. The highest BCUT2D eigenvalue weighted by atomic mass is 35.5. The fraction of sp³-hybridized carbons (Fsp3) is 0.188. The van der Waals surface area contributed by atoms with Gasteiger partial charge in [0.15, 0.2) is 6.54 Å². The molecule has 2 N–H and O–H groups in total. The van der Waals surface area contributed by atoms with Gasteiger partial charge in [0, 0.05) is 16.3 Å². The van der Waals surface area contributed by atoms with Crippen molar-refractivity contribution in [2.45, 2.75) is 6.54 Å². The monoisotopic (exact) mass is 307 g/mol. The summed E-state index contributed by atoms with van der Waals surface area (Å²) in [5.74, 6) is -0.377. The molecule has 2 aromatic rings. The summed E-state index contributed by atoms with van der Waals surface area (Å²) in [5, 5.41) is 3.35. The maximum Gasteiger partial charge on any atom is 0.279 e. The predicted molar refractivity (Wildman–Crippen MR) is 81.9 cm³/mol. The van der Waals surface area contributed by atoms with Crippen LogP contribution in [0.5, 0.6) is 0 Å². The summed E-state index contributed by atoms with van der Waals surface area (Å²) in [5.41, 5.74) is 1.26. The number of carbonyl (C=O) groups is 1. The quantitative estimate of drug-likeness (QED) is 0.872. The van der Waals surface area contributed by atoms with Crippen LogP contribution in [0.4, 0.5) is 10.1 Å². The molecule has 0 radical (unpaired) electrons. The third kappa shape index (κ3) is 4.85. The lowest BCUT2D eigenvalue weighted by Crippen LogP contribution is -3.08. The molecule has 1 amide bonds. The van der Waals surface area contributed by atoms with Gasteiger partial charge in [-0.3, -0.25) is 4.79 Å². The van der Waals surface area contributed by atoms with Crippen LogP contribution >= 0.6 is 11.6 Å². The zero-order valence-corrected chi connectivity index (χ0v) is 12.5. The van der Waals surface area contributed by atoms with Gasteiger partial charge in [-0.15, -0.1) is 0 Å². The largest absolute Gasteiger partial charge is 0.326 e. The lowest BCUT2D eigenvalue weighted by atomic mass is 10.2. The van der Waals surface area contributed by atoms with Gasteiger partial charge in [0.1, 0.15) is 12.4 Å². The molecule has 1 atom stereocenters. The van der Waals surface area contributed by atoms with Gasteiger partial charge in [-0.05, 0) is 24.3 Å². The van der Waals surface area contributed by atoms with Crippen molar-refractivity contribution in [1.82, 2.24) is 0 Å². The van der Waals surface area contributed by atoms with Crippen LogP contribution in [0.2, 0.25) is 5.02 Å². The molecular weight excluding hydrogens is 291 g/mol. The number of likely N-dealkylation sites (N-methyl/N-ethyl adjacent to an activating group) is 1. The SMILES string of the molecule is C[NH+](CC(=O)Nc1cccc(Cl)c1)Cc1ccccc1F. The molecule has 0 aliphatic heterocycles. The zero-order chi connectivity index (χ0) is 15.2. The fourth-order valence-electron chi connectivity index (χ4n) is 2.07. The minimum Gasteiger partial charge on any atom is -0.326 e. The Morgan fingerprint density at radius 3 is 2.71 bits per heavy atom. The van der Waals surface area contributed by atoms with Crippen LogP contribution < -0.4 is 10.2 Å². The molecule has 0 heterocycles. The number of hydrogen-bond donors (Lipinski definition) is 2. The van der Waals surface area contributed by atoms with Gasteiger partial charge in [0.05, 0.1) is 7.05 Å². The lowest BCUT2D eigenvalue weighted by Gasteiger charge is -2.14. The van der Waals surface area contributed by atoms with Crippen LogP contribution in [-0.2, 0) is 11.3 Å². The second-order valence-electron chi connectivity index (χ2n) is 4.96. The van der Waals surface area contributed by atoms with Gasteiger partial charge >= 0.3 is 0 Å². The summed E-state index contributed by atoms with van der Waals surface area (Å²) in [7, 11) is 1.85. The summed E-state index contributed by atoms with van der Waals surface area (Å²) >= 11 is 5.86. The highest BCUT2D eigenvalue weighted by Gasteiger charge is 2.12. The van der Waals surface area contributed by atoms with Crippen molar-refractivity contribution in [3.05, 3.63) is 64.9 Å². The number of carbonyl (C=O) groups excluding carboxylic acids is 1. The Kier molecular flexibility index (Phi) is 5.31. The highest BCUT2D eigenvalue weighted by Crippen LogP contribution is 2.14. The van der Waals surface area contributed by atoms with Crippen LogP contribution in [0.1, 0.15) is 5.56 Å². The first-order chi connectivity index (χ1) is 10.0. The maximum absolute atomic E-state index is 13.6. The molecule has 0 saturated carbocycles. The van der Waals surface area contributed by atoms with E-state index in [0.717, 1.165) is 4.90 Å². The molecule has 3 nitrogen and oxygen atoms in total. The van der Waals surface area contributed by atoms with Crippen LogP contribution in [-0.4, -0.2) is 19.5 Å². The smallest absolute Gasteiger partial charge is 0.279 e. The second-order valence-corrected chi connectivity index (χ2v) is 5.40. The Labute approximate surface area is 128 Å². The molecule has 1 unspecified atom stereocenters. The molecule has 0 bridgehead atoms. The molecule has 2 rings (SSSR count). The number of halogens is 2. The van der Waals surface area contributed by atoms with E-state index in [2.05, 4.69) is 5.32 Å². The van der Waals surface area contributed by atoms with Crippen LogP contribution in [0.3, 0.4) is 0 Å². The third-order valence-corrected chi connectivity index (χ3v) is 3.26. The van der Waals surface area contributed by atoms with Gasteiger partial charge in [0.25, 0.3) is 5.91 Å². The Balaban J connectivity index is 1.89. The Hall–Kier alpha value is -1.91. The molecule has 0 aliphatic rings. The molecule has 0 fully saturated rings. The van der Waals surface area contributed by atoms with Crippen molar-refractivity contribution >= 4 is 23.2 Å². The lowest BCUT2D eigenvalue weighted by molar-refractivity contribution is -0.885. The summed E-state index contributed by atoms with van der Waals surface area (Å²) in [4.78, 5) is 12.8. The van der Waals surface area contributed by atoms with E-state index in [1.54, 1.807) is 42.5 Å². The van der Waals surface area contributed by atoms with Crippen molar-refractivity contribution < 1.29 is 14.1 Å². The molecule has 5 heteroatoms. The normalized spacial score (nSPS) is 12.0. The molecular formula is C16H17ClFN2O+. The van der Waals surface area contributed by atoms with E-state index in [-0.39, 0.29) is 18.3 Å². The number of rotatable bonds is 5. The molecule has 21 heavy (non-hydrogen) atoms. The average Bonchev–Trinajstić information content (AvgIpc) is 2.41. The van der Waals surface area contributed by atoms with Crippen LogP contribution in [0.25, 0.3) is 0 Å². The zero-order valence-electron chi connectivity index (χ0n) is 11.7.